The molecule has 0 bridgehead atoms. The molecule has 0 aliphatic carbocycles. The van der Waals surface area contributed by atoms with Gasteiger partial charge in [0.1, 0.15) is 11.3 Å². The van der Waals surface area contributed by atoms with Crippen LogP contribution in [0.2, 0.25) is 0 Å². The van der Waals surface area contributed by atoms with Gasteiger partial charge in [-0.25, -0.2) is 4.79 Å². The van der Waals surface area contributed by atoms with Crippen molar-refractivity contribution >= 4 is 21.9 Å². The third-order valence-corrected chi connectivity index (χ3v) is 3.80. The largest absolute Gasteiger partial charge is 0.497 e. The lowest BCUT2D eigenvalue weighted by atomic mass is 10.1. The van der Waals surface area contributed by atoms with Crippen molar-refractivity contribution in [2.24, 2.45) is 0 Å². The molecule has 2 aromatic heterocycles. The number of aromatic amines is 1. The van der Waals surface area contributed by atoms with Crippen LogP contribution >= 0.6 is 0 Å². The van der Waals surface area contributed by atoms with Crippen molar-refractivity contribution in [2.75, 3.05) is 7.11 Å². The highest BCUT2D eigenvalue weighted by atomic mass is 16.5. The predicted octanol–water partition coefficient (Wildman–Crippen LogP) is 3.95. The van der Waals surface area contributed by atoms with Crippen LogP contribution in [0, 0.1) is 0 Å². The Labute approximate surface area is 126 Å². The summed E-state index contributed by atoms with van der Waals surface area (Å²) in [6.07, 6.45) is 0. The maximum absolute atomic E-state index is 12.1. The molecule has 0 saturated carbocycles. The van der Waals surface area contributed by atoms with E-state index in [1.165, 1.54) is 0 Å². The lowest BCUT2D eigenvalue weighted by Gasteiger charge is -2.01. The maximum Gasteiger partial charge on any atom is 0.345 e. The number of benzene rings is 2. The fraction of sp³-hybridized carbons (Fsp3) is 0.0556. The smallest absolute Gasteiger partial charge is 0.345 e. The molecule has 4 nitrogen and oxygen atoms in total. The van der Waals surface area contributed by atoms with Crippen LogP contribution < -0.4 is 10.4 Å². The number of ether oxygens (including phenoxy) is 1. The molecule has 0 radical (unpaired) electrons. The van der Waals surface area contributed by atoms with Crippen LogP contribution in [0.4, 0.5) is 0 Å². The lowest BCUT2D eigenvalue weighted by Crippen LogP contribution is -1.97. The summed E-state index contributed by atoms with van der Waals surface area (Å²) in [5, 5.41) is 1.46. The van der Waals surface area contributed by atoms with E-state index < -0.39 is 0 Å². The number of H-pyrrole nitrogens is 1. The standard InChI is InChI=1S/C18H13NO3/c1-21-12-8-6-11(7-9-12)15-10-14-17(19-15)13-4-2-3-5-16(13)22-18(14)20/h2-10,19H,1H3. The SMILES string of the molecule is COc1ccc(-c2cc3c(=O)oc4ccccc4c3[nH]2)cc1. The van der Waals surface area contributed by atoms with Crippen molar-refractivity contribution in [1.82, 2.24) is 4.98 Å². The molecule has 4 aromatic rings. The summed E-state index contributed by atoms with van der Waals surface area (Å²) in [5.41, 5.74) is 2.92. The zero-order valence-corrected chi connectivity index (χ0v) is 11.9. The number of hydrogen-bond acceptors (Lipinski definition) is 3. The first-order valence-corrected chi connectivity index (χ1v) is 6.95. The van der Waals surface area contributed by atoms with Crippen molar-refractivity contribution in [3.63, 3.8) is 0 Å². The van der Waals surface area contributed by atoms with Gasteiger partial charge in [0, 0.05) is 11.1 Å². The molecule has 0 amide bonds. The molecule has 0 spiro atoms. The maximum atomic E-state index is 12.1. The van der Waals surface area contributed by atoms with Gasteiger partial charge < -0.3 is 14.1 Å². The molecule has 0 unspecified atom stereocenters. The van der Waals surface area contributed by atoms with Gasteiger partial charge in [-0.05, 0) is 48.0 Å². The van der Waals surface area contributed by atoms with Crippen LogP contribution in [0.25, 0.3) is 33.1 Å². The van der Waals surface area contributed by atoms with Crippen LogP contribution in [0.15, 0.2) is 63.8 Å². The van der Waals surface area contributed by atoms with Crippen molar-refractivity contribution in [3.05, 3.63) is 65.0 Å². The average Bonchev–Trinajstić information content (AvgIpc) is 3.01. The number of para-hydroxylation sites is 1. The molecular weight excluding hydrogens is 278 g/mol. The number of fused-ring (bicyclic) bond motifs is 3. The summed E-state index contributed by atoms with van der Waals surface area (Å²) in [7, 11) is 1.63. The van der Waals surface area contributed by atoms with Crippen LogP contribution in [0.5, 0.6) is 5.75 Å². The Bertz CT molecular complexity index is 1030. The molecule has 108 valence electrons. The molecule has 0 atom stereocenters. The average molecular weight is 291 g/mol. The summed E-state index contributed by atoms with van der Waals surface area (Å²) >= 11 is 0. The first kappa shape index (κ1) is 12.7. The van der Waals surface area contributed by atoms with Crippen LogP contribution in [-0.4, -0.2) is 12.1 Å². The highest BCUT2D eigenvalue weighted by Gasteiger charge is 2.11. The van der Waals surface area contributed by atoms with E-state index in [2.05, 4.69) is 4.98 Å². The van der Waals surface area contributed by atoms with Gasteiger partial charge in [-0.1, -0.05) is 12.1 Å². The molecule has 1 N–H and O–H groups in total. The number of hydrogen-bond donors (Lipinski definition) is 1. The highest BCUT2D eigenvalue weighted by molar-refractivity contribution is 6.03. The Kier molecular flexibility index (Phi) is 2.76. The Morgan fingerprint density at radius 2 is 1.77 bits per heavy atom. The summed E-state index contributed by atoms with van der Waals surface area (Å²) in [4.78, 5) is 15.5. The Morgan fingerprint density at radius 3 is 2.55 bits per heavy atom. The molecular formula is C18H13NO3. The van der Waals surface area contributed by atoms with Gasteiger partial charge in [0.25, 0.3) is 0 Å². The molecule has 4 rings (SSSR count). The minimum Gasteiger partial charge on any atom is -0.497 e. The monoisotopic (exact) mass is 291 g/mol. The highest BCUT2D eigenvalue weighted by Crippen LogP contribution is 2.28. The first-order valence-electron chi connectivity index (χ1n) is 6.95. The molecule has 0 fully saturated rings. The van der Waals surface area contributed by atoms with E-state index in [1.807, 2.05) is 48.5 Å². The van der Waals surface area contributed by atoms with Crippen LogP contribution in [-0.2, 0) is 0 Å². The van der Waals surface area contributed by atoms with Gasteiger partial charge in [-0.3, -0.25) is 0 Å². The van der Waals surface area contributed by atoms with E-state index in [0.717, 1.165) is 27.9 Å². The van der Waals surface area contributed by atoms with Gasteiger partial charge in [-0.15, -0.1) is 0 Å². The van der Waals surface area contributed by atoms with Gasteiger partial charge >= 0.3 is 5.63 Å². The van der Waals surface area contributed by atoms with Gasteiger partial charge in [-0.2, -0.15) is 0 Å². The summed E-state index contributed by atoms with van der Waals surface area (Å²) in [5.74, 6) is 0.796. The van der Waals surface area contributed by atoms with Crippen molar-refractivity contribution in [2.45, 2.75) is 0 Å². The van der Waals surface area contributed by atoms with Crippen LogP contribution in [0.3, 0.4) is 0 Å². The summed E-state index contributed by atoms with van der Waals surface area (Å²) < 4.78 is 10.5. The molecule has 4 heteroatoms. The minimum atomic E-state index is -0.329. The van der Waals surface area contributed by atoms with E-state index >= 15 is 0 Å². The summed E-state index contributed by atoms with van der Waals surface area (Å²) in [6.45, 7) is 0. The van der Waals surface area contributed by atoms with Gasteiger partial charge in [0.05, 0.1) is 18.0 Å². The van der Waals surface area contributed by atoms with E-state index in [1.54, 1.807) is 13.2 Å². The second-order valence-corrected chi connectivity index (χ2v) is 5.09. The molecule has 2 heterocycles. The fourth-order valence-electron chi connectivity index (χ4n) is 2.67. The number of nitrogens with one attached hydrogen (secondary N) is 1. The molecule has 2 aromatic carbocycles. The topological polar surface area (TPSA) is 55.2 Å². The second kappa shape index (κ2) is 4.77. The zero-order chi connectivity index (χ0) is 15.1. The lowest BCUT2D eigenvalue weighted by molar-refractivity contribution is 0.415. The predicted molar refractivity (Wildman–Crippen MR) is 86.3 cm³/mol. The van der Waals surface area contributed by atoms with Crippen molar-refractivity contribution in [3.8, 4) is 17.0 Å². The zero-order valence-electron chi connectivity index (χ0n) is 11.9. The number of aromatic nitrogens is 1. The van der Waals surface area contributed by atoms with Gasteiger partial charge in [0.15, 0.2) is 0 Å². The Balaban J connectivity index is 1.98. The second-order valence-electron chi connectivity index (χ2n) is 5.09. The third-order valence-electron chi connectivity index (χ3n) is 3.80. The quantitative estimate of drug-likeness (QED) is 0.569. The van der Waals surface area contributed by atoms with E-state index in [0.29, 0.717) is 11.0 Å². The minimum absolute atomic E-state index is 0.329. The summed E-state index contributed by atoms with van der Waals surface area (Å²) in [6, 6.07) is 17.0. The molecule has 0 saturated heterocycles. The van der Waals surface area contributed by atoms with Crippen molar-refractivity contribution in [1.29, 1.82) is 0 Å². The number of methoxy groups -OCH3 is 1. The Hall–Kier alpha value is -3.01. The van der Waals surface area contributed by atoms with E-state index in [4.69, 9.17) is 9.15 Å². The van der Waals surface area contributed by atoms with E-state index in [9.17, 15) is 4.79 Å². The number of rotatable bonds is 2. The molecule has 0 aliphatic rings. The van der Waals surface area contributed by atoms with Crippen molar-refractivity contribution < 1.29 is 9.15 Å². The first-order chi connectivity index (χ1) is 10.8. The van der Waals surface area contributed by atoms with Crippen LogP contribution in [0.1, 0.15) is 0 Å². The molecule has 0 aliphatic heterocycles. The Morgan fingerprint density at radius 1 is 1.00 bits per heavy atom. The van der Waals surface area contributed by atoms with Gasteiger partial charge in [0.2, 0.25) is 0 Å². The van der Waals surface area contributed by atoms with E-state index in [-0.39, 0.29) is 5.63 Å². The molecule has 22 heavy (non-hydrogen) atoms. The fourth-order valence-corrected chi connectivity index (χ4v) is 2.67. The third kappa shape index (κ3) is 1.89. The normalized spacial score (nSPS) is 11.1.